The SMILES string of the molecule is C=C(C#N)[C@@H](c1ccccc1)C1CSc2ccccc2C1=C(C#N)C#N. The molecule has 1 aliphatic heterocycles. The van der Waals surface area contributed by atoms with Gasteiger partial charge in [-0.05, 0) is 22.8 Å². The Morgan fingerprint density at radius 1 is 0.962 bits per heavy atom. The lowest BCUT2D eigenvalue weighted by Gasteiger charge is -2.33. The molecule has 0 saturated heterocycles. The molecule has 4 heteroatoms. The van der Waals surface area contributed by atoms with E-state index in [4.69, 9.17) is 0 Å². The van der Waals surface area contributed by atoms with Crippen LogP contribution in [0.15, 0.2) is 77.2 Å². The van der Waals surface area contributed by atoms with E-state index in [0.29, 0.717) is 11.3 Å². The van der Waals surface area contributed by atoms with Gasteiger partial charge in [-0.2, -0.15) is 15.8 Å². The van der Waals surface area contributed by atoms with Crippen molar-refractivity contribution in [2.75, 3.05) is 5.75 Å². The van der Waals surface area contributed by atoms with Crippen LogP contribution in [0, 0.1) is 39.9 Å². The molecule has 26 heavy (non-hydrogen) atoms. The first kappa shape index (κ1) is 17.6. The summed E-state index contributed by atoms with van der Waals surface area (Å²) in [5.74, 6) is 0.243. The van der Waals surface area contributed by atoms with Gasteiger partial charge < -0.3 is 0 Å². The molecule has 124 valence electrons. The molecule has 0 spiro atoms. The molecule has 1 heterocycles. The Hall–Kier alpha value is -3.26. The van der Waals surface area contributed by atoms with Crippen LogP contribution in [-0.4, -0.2) is 5.75 Å². The summed E-state index contributed by atoms with van der Waals surface area (Å²) in [5, 5.41) is 28.6. The van der Waals surface area contributed by atoms with Gasteiger partial charge in [0, 0.05) is 28.1 Å². The van der Waals surface area contributed by atoms with E-state index in [1.54, 1.807) is 11.8 Å². The standard InChI is InChI=1S/C22H15N3S/c1-15(11-23)21(16-7-3-2-4-8-16)19-14-26-20-10-6-5-9-18(20)22(19)17(12-24)13-25/h2-10,19,21H,1,14H2/t19?,21-/m0/s1. The molecule has 0 aliphatic carbocycles. The summed E-state index contributed by atoms with van der Waals surface area (Å²) in [4.78, 5) is 1.05. The van der Waals surface area contributed by atoms with E-state index in [2.05, 4.69) is 24.8 Å². The van der Waals surface area contributed by atoms with Crippen molar-refractivity contribution in [1.29, 1.82) is 15.8 Å². The average Bonchev–Trinajstić information content (AvgIpc) is 2.70. The number of rotatable bonds is 3. The molecule has 3 nitrogen and oxygen atoms in total. The topological polar surface area (TPSA) is 71.4 Å². The first-order valence-corrected chi connectivity index (χ1v) is 9.10. The molecule has 0 radical (unpaired) electrons. The number of allylic oxidation sites excluding steroid dienone is 3. The summed E-state index contributed by atoms with van der Waals surface area (Å²) in [6, 6.07) is 23.8. The van der Waals surface area contributed by atoms with E-state index < -0.39 is 0 Å². The Morgan fingerprint density at radius 2 is 1.62 bits per heavy atom. The summed E-state index contributed by atoms with van der Waals surface area (Å²) < 4.78 is 0. The number of hydrogen-bond donors (Lipinski definition) is 0. The third-order valence-electron chi connectivity index (χ3n) is 4.54. The van der Waals surface area contributed by atoms with Crippen molar-refractivity contribution < 1.29 is 0 Å². The summed E-state index contributed by atoms with van der Waals surface area (Å²) in [6.45, 7) is 3.97. The van der Waals surface area contributed by atoms with Crippen LogP contribution in [0.5, 0.6) is 0 Å². The first-order chi connectivity index (χ1) is 12.7. The van der Waals surface area contributed by atoms with Gasteiger partial charge in [-0.15, -0.1) is 11.8 Å². The maximum absolute atomic E-state index is 9.55. The lowest BCUT2D eigenvalue weighted by atomic mass is 9.75. The van der Waals surface area contributed by atoms with Gasteiger partial charge in [-0.25, -0.2) is 0 Å². The Kier molecular flexibility index (Phi) is 5.23. The van der Waals surface area contributed by atoms with E-state index in [0.717, 1.165) is 21.6 Å². The van der Waals surface area contributed by atoms with Crippen molar-refractivity contribution in [3.63, 3.8) is 0 Å². The molecule has 2 aromatic carbocycles. The van der Waals surface area contributed by atoms with E-state index in [1.807, 2.05) is 54.6 Å². The summed E-state index contributed by atoms with van der Waals surface area (Å²) in [5.41, 5.74) is 3.13. The zero-order chi connectivity index (χ0) is 18.5. The maximum atomic E-state index is 9.55. The largest absolute Gasteiger partial charge is 0.193 e. The highest BCUT2D eigenvalue weighted by Gasteiger charge is 2.35. The Bertz CT molecular complexity index is 984. The highest BCUT2D eigenvalue weighted by molar-refractivity contribution is 7.99. The molecule has 0 fully saturated rings. The fourth-order valence-electron chi connectivity index (χ4n) is 3.41. The third-order valence-corrected chi connectivity index (χ3v) is 5.73. The molecule has 0 N–H and O–H groups in total. The van der Waals surface area contributed by atoms with E-state index in [-0.39, 0.29) is 17.4 Å². The number of nitrogens with zero attached hydrogens (tertiary/aromatic N) is 3. The summed E-state index contributed by atoms with van der Waals surface area (Å²) >= 11 is 1.69. The Balaban J connectivity index is 2.24. The van der Waals surface area contributed by atoms with E-state index in [1.165, 1.54) is 0 Å². The second-order valence-electron chi connectivity index (χ2n) is 5.95. The number of nitriles is 3. The molecule has 2 aromatic rings. The smallest absolute Gasteiger partial charge is 0.133 e. The van der Waals surface area contributed by atoms with Crippen LogP contribution in [0.1, 0.15) is 17.0 Å². The second kappa shape index (κ2) is 7.75. The Morgan fingerprint density at radius 3 is 2.27 bits per heavy atom. The number of thioether (sulfide) groups is 1. The van der Waals surface area contributed by atoms with Gasteiger partial charge in [0.15, 0.2) is 0 Å². The zero-order valence-corrected chi connectivity index (χ0v) is 14.8. The predicted molar refractivity (Wildman–Crippen MR) is 103 cm³/mol. The molecule has 2 atom stereocenters. The van der Waals surface area contributed by atoms with Crippen molar-refractivity contribution in [3.05, 3.63) is 83.4 Å². The van der Waals surface area contributed by atoms with Gasteiger partial charge in [0.1, 0.15) is 17.7 Å². The summed E-state index contributed by atoms with van der Waals surface area (Å²) in [7, 11) is 0. The van der Waals surface area contributed by atoms with Crippen LogP contribution < -0.4 is 0 Å². The molecule has 0 saturated carbocycles. The van der Waals surface area contributed by atoms with Crippen molar-refractivity contribution >= 4 is 17.3 Å². The minimum absolute atomic E-state index is 0.106. The fraction of sp³-hybridized carbons (Fsp3) is 0.136. The minimum Gasteiger partial charge on any atom is -0.193 e. The molecular weight excluding hydrogens is 338 g/mol. The monoisotopic (exact) mass is 353 g/mol. The number of fused-ring (bicyclic) bond motifs is 1. The second-order valence-corrected chi connectivity index (χ2v) is 7.01. The van der Waals surface area contributed by atoms with E-state index >= 15 is 0 Å². The predicted octanol–water partition coefficient (Wildman–Crippen LogP) is 5.07. The van der Waals surface area contributed by atoms with Crippen molar-refractivity contribution in [2.24, 2.45) is 5.92 Å². The van der Waals surface area contributed by atoms with E-state index in [9.17, 15) is 15.8 Å². The highest BCUT2D eigenvalue weighted by Crippen LogP contribution is 2.49. The zero-order valence-electron chi connectivity index (χ0n) is 14.0. The fourth-order valence-corrected chi connectivity index (χ4v) is 4.64. The van der Waals surface area contributed by atoms with Crippen LogP contribution >= 0.6 is 11.8 Å². The van der Waals surface area contributed by atoms with Crippen LogP contribution in [-0.2, 0) is 0 Å². The number of hydrogen-bond acceptors (Lipinski definition) is 4. The molecule has 3 rings (SSSR count). The maximum Gasteiger partial charge on any atom is 0.133 e. The minimum atomic E-state index is -0.270. The lowest BCUT2D eigenvalue weighted by molar-refractivity contribution is 0.646. The van der Waals surface area contributed by atoms with Crippen molar-refractivity contribution in [3.8, 4) is 18.2 Å². The van der Waals surface area contributed by atoms with Crippen LogP contribution in [0.25, 0.3) is 5.57 Å². The van der Waals surface area contributed by atoms with Gasteiger partial charge in [-0.3, -0.25) is 0 Å². The van der Waals surface area contributed by atoms with Gasteiger partial charge >= 0.3 is 0 Å². The van der Waals surface area contributed by atoms with Crippen molar-refractivity contribution in [1.82, 2.24) is 0 Å². The van der Waals surface area contributed by atoms with Gasteiger partial charge in [0.05, 0.1) is 6.07 Å². The van der Waals surface area contributed by atoms with Crippen LogP contribution in [0.4, 0.5) is 0 Å². The summed E-state index contributed by atoms with van der Waals surface area (Å²) in [6.07, 6.45) is 0. The lowest BCUT2D eigenvalue weighted by Crippen LogP contribution is -2.23. The van der Waals surface area contributed by atoms with Gasteiger partial charge in [-0.1, -0.05) is 55.1 Å². The average molecular weight is 353 g/mol. The first-order valence-electron chi connectivity index (χ1n) is 8.11. The molecule has 0 bridgehead atoms. The molecule has 1 unspecified atom stereocenters. The molecule has 1 aliphatic rings. The highest BCUT2D eigenvalue weighted by atomic mass is 32.2. The molecular formula is C22H15N3S. The normalized spacial score (nSPS) is 16.3. The van der Waals surface area contributed by atoms with Gasteiger partial charge in [0.25, 0.3) is 0 Å². The van der Waals surface area contributed by atoms with Crippen LogP contribution in [0.3, 0.4) is 0 Å². The third kappa shape index (κ3) is 3.14. The van der Waals surface area contributed by atoms with Crippen molar-refractivity contribution in [2.45, 2.75) is 10.8 Å². The molecule has 0 aromatic heterocycles. The quantitative estimate of drug-likeness (QED) is 0.722. The number of benzene rings is 2. The molecule has 0 amide bonds. The van der Waals surface area contributed by atoms with Gasteiger partial charge in [0.2, 0.25) is 0 Å². The Labute approximate surface area is 157 Å². The van der Waals surface area contributed by atoms with Crippen LogP contribution in [0.2, 0.25) is 0 Å².